The van der Waals surface area contributed by atoms with Crippen molar-refractivity contribution in [2.24, 2.45) is 0 Å². The lowest BCUT2D eigenvalue weighted by Gasteiger charge is -2.07. The highest BCUT2D eigenvalue weighted by Gasteiger charge is 2.15. The van der Waals surface area contributed by atoms with Gasteiger partial charge in [-0.1, -0.05) is 15.9 Å². The third-order valence-electron chi connectivity index (χ3n) is 2.76. The van der Waals surface area contributed by atoms with Crippen molar-refractivity contribution in [2.45, 2.75) is 0 Å². The van der Waals surface area contributed by atoms with Gasteiger partial charge >= 0.3 is 0 Å². The smallest absolute Gasteiger partial charge is 0.255 e. The number of hydrogen-bond acceptors (Lipinski definition) is 3. The summed E-state index contributed by atoms with van der Waals surface area (Å²) < 4.78 is 24.2. The summed E-state index contributed by atoms with van der Waals surface area (Å²) in [5.41, 5.74) is 0.786. The number of anilines is 1. The van der Waals surface area contributed by atoms with E-state index >= 15 is 0 Å². The number of amides is 1. The molecule has 0 saturated heterocycles. The molecule has 0 fully saturated rings. The van der Waals surface area contributed by atoms with Crippen LogP contribution in [0.1, 0.15) is 10.4 Å². The fourth-order valence-corrected chi connectivity index (χ4v) is 2.33. The van der Waals surface area contributed by atoms with Gasteiger partial charge in [0.15, 0.2) is 11.5 Å². The van der Waals surface area contributed by atoms with Crippen LogP contribution in [-0.2, 0) is 0 Å². The largest absolute Gasteiger partial charge is 0.454 e. The zero-order valence-corrected chi connectivity index (χ0v) is 11.7. The van der Waals surface area contributed by atoms with Gasteiger partial charge in [0.05, 0.1) is 0 Å². The van der Waals surface area contributed by atoms with Gasteiger partial charge in [0.2, 0.25) is 6.79 Å². The number of nitrogens with one attached hydrogen (secondary N) is 1. The van der Waals surface area contributed by atoms with Gasteiger partial charge < -0.3 is 14.8 Å². The lowest BCUT2D eigenvalue weighted by atomic mass is 10.2. The van der Waals surface area contributed by atoms with Crippen LogP contribution in [0.25, 0.3) is 0 Å². The molecule has 4 nitrogen and oxygen atoms in total. The fourth-order valence-electron chi connectivity index (χ4n) is 1.86. The minimum atomic E-state index is -0.477. The zero-order chi connectivity index (χ0) is 14.1. The van der Waals surface area contributed by atoms with E-state index in [-0.39, 0.29) is 12.4 Å². The second kappa shape index (κ2) is 5.13. The van der Waals surface area contributed by atoms with Crippen molar-refractivity contribution < 1.29 is 18.7 Å². The first kappa shape index (κ1) is 12.9. The van der Waals surface area contributed by atoms with E-state index in [0.29, 0.717) is 21.7 Å². The molecule has 1 amide bonds. The molecular weight excluding hydrogens is 329 g/mol. The highest BCUT2D eigenvalue weighted by atomic mass is 79.9. The van der Waals surface area contributed by atoms with E-state index in [1.165, 1.54) is 12.1 Å². The molecule has 102 valence electrons. The predicted molar refractivity (Wildman–Crippen MR) is 74.6 cm³/mol. The monoisotopic (exact) mass is 337 g/mol. The van der Waals surface area contributed by atoms with Gasteiger partial charge in [-0.05, 0) is 30.3 Å². The van der Waals surface area contributed by atoms with E-state index in [1.54, 1.807) is 24.3 Å². The Morgan fingerprint density at radius 2 is 1.95 bits per heavy atom. The maximum atomic E-state index is 13.3. The quantitative estimate of drug-likeness (QED) is 0.911. The lowest BCUT2D eigenvalue weighted by Crippen LogP contribution is -2.12. The third kappa shape index (κ3) is 2.60. The first-order valence-electron chi connectivity index (χ1n) is 5.79. The highest BCUT2D eigenvalue weighted by Crippen LogP contribution is 2.34. The molecule has 0 atom stereocenters. The van der Waals surface area contributed by atoms with Gasteiger partial charge in [0.1, 0.15) is 5.82 Å². The first-order valence-corrected chi connectivity index (χ1v) is 6.58. The van der Waals surface area contributed by atoms with Gasteiger partial charge in [-0.15, -0.1) is 0 Å². The molecule has 1 aliphatic heterocycles. The molecule has 0 unspecified atom stereocenters. The van der Waals surface area contributed by atoms with E-state index in [4.69, 9.17) is 9.47 Å². The molecule has 0 radical (unpaired) electrons. The van der Waals surface area contributed by atoms with E-state index in [9.17, 15) is 9.18 Å². The Bertz CT molecular complexity index is 670. The number of halogens is 2. The number of benzene rings is 2. The number of carbonyl (C=O) groups is 1. The Balaban J connectivity index is 1.82. The molecule has 0 spiro atoms. The highest BCUT2D eigenvalue weighted by molar-refractivity contribution is 9.10. The van der Waals surface area contributed by atoms with Crippen LogP contribution < -0.4 is 14.8 Å². The third-order valence-corrected chi connectivity index (χ3v) is 3.21. The first-order chi connectivity index (χ1) is 9.61. The number of fused-ring (bicyclic) bond motifs is 1. The average Bonchev–Trinajstić information content (AvgIpc) is 2.85. The standard InChI is InChI=1S/C14H9BrFNO3/c15-9-3-8(4-10(16)5-9)14(18)17-11-1-2-12-13(6-11)20-7-19-12/h1-6H,7H2,(H,17,18). The Morgan fingerprint density at radius 1 is 1.15 bits per heavy atom. The molecule has 2 aromatic rings. The SMILES string of the molecule is O=C(Nc1ccc2c(c1)OCO2)c1cc(F)cc(Br)c1. The summed E-state index contributed by atoms with van der Waals surface area (Å²) >= 11 is 3.15. The van der Waals surface area contributed by atoms with Gasteiger partial charge in [0.25, 0.3) is 5.91 Å². The molecule has 0 aromatic heterocycles. The Morgan fingerprint density at radius 3 is 2.75 bits per heavy atom. The van der Waals surface area contributed by atoms with Crippen LogP contribution in [0.4, 0.5) is 10.1 Å². The van der Waals surface area contributed by atoms with Gasteiger partial charge in [0, 0.05) is 21.8 Å². The molecule has 1 N–H and O–H groups in total. The van der Waals surface area contributed by atoms with Crippen LogP contribution in [0.5, 0.6) is 11.5 Å². The summed E-state index contributed by atoms with van der Waals surface area (Å²) in [4.78, 5) is 12.0. The van der Waals surface area contributed by atoms with Crippen molar-refractivity contribution >= 4 is 27.5 Å². The second-order valence-corrected chi connectivity index (χ2v) is 5.10. The maximum Gasteiger partial charge on any atom is 0.255 e. The molecule has 0 saturated carbocycles. The van der Waals surface area contributed by atoms with Crippen LogP contribution in [-0.4, -0.2) is 12.7 Å². The molecule has 1 heterocycles. The Hall–Kier alpha value is -2.08. The van der Waals surface area contributed by atoms with Crippen LogP contribution in [0.3, 0.4) is 0 Å². The molecule has 0 aliphatic carbocycles. The second-order valence-electron chi connectivity index (χ2n) is 4.18. The zero-order valence-electron chi connectivity index (χ0n) is 10.2. The summed E-state index contributed by atoms with van der Waals surface area (Å²) in [5.74, 6) is 0.332. The van der Waals surface area contributed by atoms with Crippen molar-refractivity contribution in [2.75, 3.05) is 12.1 Å². The number of hydrogen-bond donors (Lipinski definition) is 1. The summed E-state index contributed by atoms with van der Waals surface area (Å²) in [7, 11) is 0. The van der Waals surface area contributed by atoms with E-state index in [1.807, 2.05) is 0 Å². The van der Waals surface area contributed by atoms with E-state index in [0.717, 1.165) is 0 Å². The lowest BCUT2D eigenvalue weighted by molar-refractivity contribution is 0.102. The van der Waals surface area contributed by atoms with Crippen molar-refractivity contribution in [3.63, 3.8) is 0 Å². The number of carbonyl (C=O) groups excluding carboxylic acids is 1. The fraction of sp³-hybridized carbons (Fsp3) is 0.0714. The molecule has 20 heavy (non-hydrogen) atoms. The predicted octanol–water partition coefficient (Wildman–Crippen LogP) is 3.57. The van der Waals surface area contributed by atoms with Crippen molar-refractivity contribution in [1.29, 1.82) is 0 Å². The minimum absolute atomic E-state index is 0.170. The van der Waals surface area contributed by atoms with Crippen molar-refractivity contribution in [3.8, 4) is 11.5 Å². The maximum absolute atomic E-state index is 13.3. The Kier molecular flexibility index (Phi) is 3.31. The van der Waals surface area contributed by atoms with E-state index in [2.05, 4.69) is 21.2 Å². The number of ether oxygens (including phenoxy) is 2. The van der Waals surface area contributed by atoms with Crippen molar-refractivity contribution in [1.82, 2.24) is 0 Å². The Labute approximate surface area is 122 Å². The van der Waals surface area contributed by atoms with E-state index < -0.39 is 11.7 Å². The molecule has 3 rings (SSSR count). The van der Waals surface area contributed by atoms with Crippen LogP contribution >= 0.6 is 15.9 Å². The van der Waals surface area contributed by atoms with Gasteiger partial charge in [-0.25, -0.2) is 4.39 Å². The topological polar surface area (TPSA) is 47.6 Å². The minimum Gasteiger partial charge on any atom is -0.454 e. The number of rotatable bonds is 2. The van der Waals surface area contributed by atoms with Crippen LogP contribution in [0.15, 0.2) is 40.9 Å². The summed E-state index contributed by atoms with van der Waals surface area (Å²) in [6.45, 7) is 0.170. The molecule has 1 aliphatic rings. The van der Waals surface area contributed by atoms with Crippen LogP contribution in [0, 0.1) is 5.82 Å². The van der Waals surface area contributed by atoms with Crippen molar-refractivity contribution in [3.05, 3.63) is 52.3 Å². The van der Waals surface area contributed by atoms with Crippen LogP contribution in [0.2, 0.25) is 0 Å². The van der Waals surface area contributed by atoms with Gasteiger partial charge in [-0.2, -0.15) is 0 Å². The molecule has 0 bridgehead atoms. The summed E-state index contributed by atoms with van der Waals surface area (Å²) in [5, 5.41) is 2.68. The molecular formula is C14H9BrFNO3. The van der Waals surface area contributed by atoms with Gasteiger partial charge in [-0.3, -0.25) is 4.79 Å². The summed E-state index contributed by atoms with van der Waals surface area (Å²) in [6.07, 6.45) is 0. The molecule has 2 aromatic carbocycles. The molecule has 6 heteroatoms. The average molecular weight is 338 g/mol. The summed E-state index contributed by atoms with van der Waals surface area (Å²) in [6, 6.07) is 9.07. The normalized spacial score (nSPS) is 12.3.